The van der Waals surface area contributed by atoms with E-state index in [9.17, 15) is 9.90 Å². The van der Waals surface area contributed by atoms with E-state index in [4.69, 9.17) is 9.47 Å². The Morgan fingerprint density at radius 1 is 1.25 bits per heavy atom. The summed E-state index contributed by atoms with van der Waals surface area (Å²) in [6.07, 6.45) is 5.54. The van der Waals surface area contributed by atoms with E-state index in [1.54, 1.807) is 27.2 Å². The van der Waals surface area contributed by atoms with Crippen molar-refractivity contribution >= 4 is 5.78 Å². The smallest absolute Gasteiger partial charge is 0.160 e. The monoisotopic (exact) mass is 276 g/mol. The van der Waals surface area contributed by atoms with E-state index in [0.717, 1.165) is 5.56 Å². The zero-order chi connectivity index (χ0) is 15.0. The molecule has 0 amide bonds. The topological polar surface area (TPSA) is 55.8 Å². The number of hydrogen-bond donors (Lipinski definition) is 1. The molecule has 0 saturated heterocycles. The van der Waals surface area contributed by atoms with Gasteiger partial charge in [-0.2, -0.15) is 0 Å². The molecule has 108 valence electrons. The predicted octanol–water partition coefficient (Wildman–Crippen LogP) is 3.22. The molecule has 20 heavy (non-hydrogen) atoms. The summed E-state index contributed by atoms with van der Waals surface area (Å²) >= 11 is 0. The first-order chi connectivity index (χ1) is 9.60. The van der Waals surface area contributed by atoms with Crippen LogP contribution < -0.4 is 9.47 Å². The molecular formula is C16H20O4. The maximum atomic E-state index is 11.1. The van der Waals surface area contributed by atoms with E-state index in [1.807, 2.05) is 18.2 Å². The van der Waals surface area contributed by atoms with Gasteiger partial charge < -0.3 is 14.6 Å². The van der Waals surface area contributed by atoms with Crippen molar-refractivity contribution in [3.8, 4) is 11.5 Å². The summed E-state index contributed by atoms with van der Waals surface area (Å²) < 4.78 is 10.4. The highest BCUT2D eigenvalue weighted by Gasteiger charge is 2.03. The molecule has 0 heterocycles. The summed E-state index contributed by atoms with van der Waals surface area (Å²) in [4.78, 5) is 11.1. The Morgan fingerprint density at radius 2 is 1.95 bits per heavy atom. The quantitative estimate of drug-likeness (QED) is 0.472. The van der Waals surface area contributed by atoms with Crippen molar-refractivity contribution in [2.75, 3.05) is 14.2 Å². The van der Waals surface area contributed by atoms with Crippen LogP contribution in [0.5, 0.6) is 11.5 Å². The Balaban J connectivity index is 2.70. The van der Waals surface area contributed by atoms with Gasteiger partial charge in [-0.1, -0.05) is 19.1 Å². The van der Waals surface area contributed by atoms with E-state index in [2.05, 4.69) is 0 Å². The zero-order valence-corrected chi connectivity index (χ0v) is 12.1. The van der Waals surface area contributed by atoms with Gasteiger partial charge in [-0.3, -0.25) is 4.79 Å². The fourth-order valence-electron chi connectivity index (χ4n) is 1.64. The van der Waals surface area contributed by atoms with Crippen molar-refractivity contribution in [1.82, 2.24) is 0 Å². The second kappa shape index (κ2) is 8.04. The largest absolute Gasteiger partial charge is 0.508 e. The van der Waals surface area contributed by atoms with Crippen molar-refractivity contribution in [3.63, 3.8) is 0 Å². The second-order valence-corrected chi connectivity index (χ2v) is 4.18. The summed E-state index contributed by atoms with van der Waals surface area (Å²) in [6, 6.07) is 5.63. The third-order valence-electron chi connectivity index (χ3n) is 2.75. The summed E-state index contributed by atoms with van der Waals surface area (Å²) in [7, 11) is 3.17. The fraction of sp³-hybridized carbons (Fsp3) is 0.312. The van der Waals surface area contributed by atoms with Crippen molar-refractivity contribution < 1.29 is 19.4 Å². The molecule has 0 saturated carbocycles. The molecule has 0 radical (unpaired) electrons. The van der Waals surface area contributed by atoms with Crippen LogP contribution in [-0.2, 0) is 11.2 Å². The molecular weight excluding hydrogens is 256 g/mol. The Morgan fingerprint density at radius 3 is 2.55 bits per heavy atom. The van der Waals surface area contributed by atoms with Crippen LogP contribution in [0.2, 0.25) is 0 Å². The van der Waals surface area contributed by atoms with Crippen LogP contribution in [0.4, 0.5) is 0 Å². The van der Waals surface area contributed by atoms with Gasteiger partial charge in [-0.25, -0.2) is 0 Å². The van der Waals surface area contributed by atoms with Crippen molar-refractivity contribution in [1.29, 1.82) is 0 Å². The van der Waals surface area contributed by atoms with Crippen LogP contribution >= 0.6 is 0 Å². The molecule has 0 unspecified atom stereocenters. The fourth-order valence-corrected chi connectivity index (χ4v) is 1.64. The number of hydrogen-bond acceptors (Lipinski definition) is 4. The van der Waals surface area contributed by atoms with E-state index in [1.165, 1.54) is 12.2 Å². The van der Waals surface area contributed by atoms with E-state index >= 15 is 0 Å². The number of aliphatic hydroxyl groups excluding tert-OH is 1. The van der Waals surface area contributed by atoms with Crippen molar-refractivity contribution in [3.05, 3.63) is 47.7 Å². The minimum atomic E-state index is -0.0988. The first-order valence-electron chi connectivity index (χ1n) is 6.41. The molecule has 0 spiro atoms. The molecule has 0 bridgehead atoms. The molecule has 0 fully saturated rings. The van der Waals surface area contributed by atoms with Gasteiger partial charge >= 0.3 is 0 Å². The van der Waals surface area contributed by atoms with Gasteiger partial charge in [0, 0.05) is 12.5 Å². The van der Waals surface area contributed by atoms with E-state index in [-0.39, 0.29) is 11.5 Å². The lowest BCUT2D eigenvalue weighted by atomic mass is 10.1. The number of allylic oxidation sites excluding steroid dienone is 3. The minimum absolute atomic E-state index is 0.0303. The molecule has 0 aliphatic heterocycles. The standard InChI is InChI=1S/C16H20O4/c1-4-13(17)11-14(18)7-5-6-12-8-9-15(19-2)16(10-12)20-3/h5,7-11,18H,4,6H2,1-3H3/b7-5+,14-11-. The number of ether oxygens (including phenoxy) is 2. The van der Waals surface area contributed by atoms with E-state index < -0.39 is 0 Å². The van der Waals surface area contributed by atoms with Crippen LogP contribution in [0.15, 0.2) is 42.2 Å². The normalized spacial score (nSPS) is 11.7. The summed E-state index contributed by atoms with van der Waals surface area (Å²) in [5.74, 6) is 1.21. The number of benzene rings is 1. The zero-order valence-electron chi connectivity index (χ0n) is 12.1. The van der Waals surface area contributed by atoms with Crippen molar-refractivity contribution in [2.24, 2.45) is 0 Å². The number of ketones is 1. The van der Waals surface area contributed by atoms with Gasteiger partial charge in [-0.05, 0) is 30.2 Å². The summed E-state index contributed by atoms with van der Waals surface area (Å²) in [6.45, 7) is 1.75. The lowest BCUT2D eigenvalue weighted by Gasteiger charge is -2.08. The molecule has 0 aromatic heterocycles. The Labute approximate surface area is 119 Å². The molecule has 4 heteroatoms. The van der Waals surface area contributed by atoms with Crippen LogP contribution in [0.1, 0.15) is 18.9 Å². The third-order valence-corrected chi connectivity index (χ3v) is 2.75. The highest BCUT2D eigenvalue weighted by molar-refractivity contribution is 5.90. The van der Waals surface area contributed by atoms with Gasteiger partial charge in [0.15, 0.2) is 17.3 Å². The highest BCUT2D eigenvalue weighted by Crippen LogP contribution is 2.27. The maximum Gasteiger partial charge on any atom is 0.160 e. The minimum Gasteiger partial charge on any atom is -0.508 e. The average molecular weight is 276 g/mol. The SMILES string of the molecule is CCC(=O)/C=C(O)/C=C/Cc1ccc(OC)c(OC)c1. The number of aliphatic hydroxyl groups is 1. The van der Waals surface area contributed by atoms with Gasteiger partial charge in [0.25, 0.3) is 0 Å². The van der Waals surface area contributed by atoms with Crippen LogP contribution in [0, 0.1) is 0 Å². The first-order valence-corrected chi connectivity index (χ1v) is 6.41. The highest BCUT2D eigenvalue weighted by atomic mass is 16.5. The lowest BCUT2D eigenvalue weighted by molar-refractivity contribution is -0.114. The molecule has 1 aromatic carbocycles. The van der Waals surface area contributed by atoms with E-state index in [0.29, 0.717) is 24.3 Å². The first kappa shape index (κ1) is 15.8. The lowest BCUT2D eigenvalue weighted by Crippen LogP contribution is -1.92. The van der Waals surface area contributed by atoms with Gasteiger partial charge in [-0.15, -0.1) is 0 Å². The van der Waals surface area contributed by atoms with Crippen LogP contribution in [0.3, 0.4) is 0 Å². The Hall–Kier alpha value is -2.23. The number of methoxy groups -OCH3 is 2. The maximum absolute atomic E-state index is 11.1. The third kappa shape index (κ3) is 4.80. The number of carbonyl (C=O) groups is 1. The van der Waals surface area contributed by atoms with Gasteiger partial charge in [0.05, 0.1) is 14.2 Å². The summed E-state index contributed by atoms with van der Waals surface area (Å²) in [5, 5.41) is 9.52. The van der Waals surface area contributed by atoms with Gasteiger partial charge in [0.2, 0.25) is 0 Å². The Bertz CT molecular complexity index is 515. The van der Waals surface area contributed by atoms with Crippen LogP contribution in [0.25, 0.3) is 0 Å². The molecule has 1 N–H and O–H groups in total. The molecule has 0 aliphatic rings. The predicted molar refractivity (Wildman–Crippen MR) is 78.4 cm³/mol. The molecule has 1 aromatic rings. The van der Waals surface area contributed by atoms with Crippen molar-refractivity contribution in [2.45, 2.75) is 19.8 Å². The number of carbonyl (C=O) groups excluding carboxylic acids is 1. The summed E-state index contributed by atoms with van der Waals surface area (Å²) in [5.41, 5.74) is 1.02. The Kier molecular flexibility index (Phi) is 6.37. The molecule has 1 rings (SSSR count). The average Bonchev–Trinajstić information content (AvgIpc) is 2.46. The van der Waals surface area contributed by atoms with Crippen LogP contribution in [-0.4, -0.2) is 25.1 Å². The molecule has 4 nitrogen and oxygen atoms in total. The second-order valence-electron chi connectivity index (χ2n) is 4.18. The number of rotatable bonds is 7. The van der Waals surface area contributed by atoms with Gasteiger partial charge in [0.1, 0.15) is 5.76 Å². The molecule has 0 atom stereocenters. The molecule has 0 aliphatic carbocycles.